The first kappa shape index (κ1) is 22.8. The van der Waals surface area contributed by atoms with Gasteiger partial charge in [-0.2, -0.15) is 0 Å². The molecular weight excluding hydrogens is 430 g/mol. The summed E-state index contributed by atoms with van der Waals surface area (Å²) in [6, 6.07) is 25.5. The summed E-state index contributed by atoms with van der Waals surface area (Å²) in [4.78, 5) is 32.7. The second-order valence-corrected chi connectivity index (χ2v) is 9.30. The molecule has 0 spiro atoms. The zero-order chi connectivity index (χ0) is 23.2. The number of anilines is 1. The van der Waals surface area contributed by atoms with E-state index in [1.54, 1.807) is 4.90 Å². The van der Waals surface area contributed by atoms with Gasteiger partial charge in [0.25, 0.3) is 0 Å². The van der Waals surface area contributed by atoms with Gasteiger partial charge in [-0.1, -0.05) is 78.0 Å². The SMILES string of the molecule is Cc1ccc(NC(=O)C2CC(=O)N(CCc3ccccc3)C(=Nc3ccccc3)S2)c(C)c1. The van der Waals surface area contributed by atoms with Gasteiger partial charge < -0.3 is 5.32 Å². The van der Waals surface area contributed by atoms with Crippen LogP contribution in [0.15, 0.2) is 83.9 Å². The van der Waals surface area contributed by atoms with E-state index in [0.717, 1.165) is 34.5 Å². The highest BCUT2D eigenvalue weighted by Crippen LogP contribution is 2.30. The first-order chi connectivity index (χ1) is 16.0. The minimum absolute atomic E-state index is 0.0832. The molecule has 1 saturated heterocycles. The van der Waals surface area contributed by atoms with Gasteiger partial charge >= 0.3 is 0 Å². The van der Waals surface area contributed by atoms with E-state index in [1.807, 2.05) is 80.6 Å². The summed E-state index contributed by atoms with van der Waals surface area (Å²) in [5.74, 6) is -0.260. The number of carbonyl (C=O) groups is 2. The number of nitrogens with one attached hydrogen (secondary N) is 1. The van der Waals surface area contributed by atoms with Crippen LogP contribution in [-0.2, 0) is 16.0 Å². The number of hydrogen-bond donors (Lipinski definition) is 1. The molecular formula is C27H27N3O2S. The summed E-state index contributed by atoms with van der Waals surface area (Å²) in [6.07, 6.45) is 0.865. The average Bonchev–Trinajstić information content (AvgIpc) is 2.81. The van der Waals surface area contributed by atoms with E-state index in [0.29, 0.717) is 11.7 Å². The Bertz CT molecular complexity index is 1160. The molecule has 0 radical (unpaired) electrons. The molecule has 2 amide bonds. The lowest BCUT2D eigenvalue weighted by Crippen LogP contribution is -2.46. The largest absolute Gasteiger partial charge is 0.325 e. The molecule has 0 saturated carbocycles. The monoisotopic (exact) mass is 457 g/mol. The third-order valence-corrected chi connectivity index (χ3v) is 6.71. The van der Waals surface area contributed by atoms with E-state index >= 15 is 0 Å². The minimum atomic E-state index is -0.534. The van der Waals surface area contributed by atoms with Crippen LogP contribution in [0.1, 0.15) is 23.1 Å². The molecule has 0 bridgehead atoms. The number of aryl methyl sites for hydroxylation is 2. The maximum absolute atomic E-state index is 13.1. The highest BCUT2D eigenvalue weighted by Gasteiger charge is 2.35. The van der Waals surface area contributed by atoms with E-state index in [4.69, 9.17) is 4.99 Å². The molecule has 1 atom stereocenters. The van der Waals surface area contributed by atoms with Crippen molar-refractivity contribution in [3.05, 3.63) is 95.6 Å². The van der Waals surface area contributed by atoms with E-state index in [9.17, 15) is 9.59 Å². The fourth-order valence-electron chi connectivity index (χ4n) is 3.73. The van der Waals surface area contributed by atoms with Crippen molar-refractivity contribution in [2.45, 2.75) is 31.9 Å². The Balaban J connectivity index is 1.54. The zero-order valence-corrected chi connectivity index (χ0v) is 19.6. The van der Waals surface area contributed by atoms with Gasteiger partial charge in [-0.05, 0) is 49.6 Å². The lowest BCUT2D eigenvalue weighted by atomic mass is 10.1. The van der Waals surface area contributed by atoms with Crippen molar-refractivity contribution >= 4 is 40.1 Å². The smallest absolute Gasteiger partial charge is 0.238 e. The van der Waals surface area contributed by atoms with Crippen LogP contribution in [0.3, 0.4) is 0 Å². The quantitative estimate of drug-likeness (QED) is 0.531. The van der Waals surface area contributed by atoms with Crippen molar-refractivity contribution < 1.29 is 9.59 Å². The van der Waals surface area contributed by atoms with Crippen LogP contribution in [0, 0.1) is 13.8 Å². The average molecular weight is 458 g/mol. The lowest BCUT2D eigenvalue weighted by Gasteiger charge is -2.32. The van der Waals surface area contributed by atoms with Gasteiger partial charge in [0.05, 0.1) is 5.69 Å². The summed E-state index contributed by atoms with van der Waals surface area (Å²) < 4.78 is 0. The molecule has 5 nitrogen and oxygen atoms in total. The van der Waals surface area contributed by atoms with Crippen LogP contribution < -0.4 is 5.32 Å². The number of thioether (sulfide) groups is 1. The second kappa shape index (κ2) is 10.5. The first-order valence-electron chi connectivity index (χ1n) is 11.0. The molecule has 1 N–H and O–H groups in total. The van der Waals surface area contributed by atoms with Gasteiger partial charge in [-0.15, -0.1) is 0 Å². The summed E-state index contributed by atoms with van der Waals surface area (Å²) >= 11 is 1.35. The molecule has 1 unspecified atom stereocenters. The summed E-state index contributed by atoms with van der Waals surface area (Å²) in [6.45, 7) is 4.51. The second-order valence-electron chi connectivity index (χ2n) is 8.13. The van der Waals surface area contributed by atoms with E-state index in [2.05, 4.69) is 17.4 Å². The highest BCUT2D eigenvalue weighted by molar-refractivity contribution is 8.15. The molecule has 0 aromatic heterocycles. The van der Waals surface area contributed by atoms with Gasteiger partial charge in [0.15, 0.2) is 5.17 Å². The molecule has 1 aliphatic rings. The molecule has 168 valence electrons. The molecule has 1 fully saturated rings. The molecule has 33 heavy (non-hydrogen) atoms. The third kappa shape index (κ3) is 5.90. The molecule has 0 aliphatic carbocycles. The van der Waals surface area contributed by atoms with E-state index in [1.165, 1.54) is 11.8 Å². The maximum atomic E-state index is 13.1. The Morgan fingerprint density at radius 1 is 1.03 bits per heavy atom. The van der Waals surface area contributed by atoms with Crippen LogP contribution in [0.25, 0.3) is 0 Å². The maximum Gasteiger partial charge on any atom is 0.238 e. The molecule has 1 aliphatic heterocycles. The fraction of sp³-hybridized carbons (Fsp3) is 0.222. The van der Waals surface area contributed by atoms with Crippen molar-refractivity contribution in [1.82, 2.24) is 4.90 Å². The number of amides is 2. The van der Waals surface area contributed by atoms with Crippen LogP contribution >= 0.6 is 11.8 Å². The Morgan fingerprint density at radius 3 is 2.42 bits per heavy atom. The molecule has 6 heteroatoms. The summed E-state index contributed by atoms with van der Waals surface area (Å²) in [5, 5.41) is 3.03. The number of hydrogen-bond acceptors (Lipinski definition) is 4. The van der Waals surface area contributed by atoms with Crippen molar-refractivity contribution in [3.8, 4) is 0 Å². The van der Waals surface area contributed by atoms with Gasteiger partial charge in [-0.25, -0.2) is 4.99 Å². The van der Waals surface area contributed by atoms with Gasteiger partial charge in [-0.3, -0.25) is 14.5 Å². The normalized spacial score (nSPS) is 17.3. The van der Waals surface area contributed by atoms with Crippen LogP contribution in [0.5, 0.6) is 0 Å². The fourth-order valence-corrected chi connectivity index (χ4v) is 4.85. The van der Waals surface area contributed by atoms with Gasteiger partial charge in [0.2, 0.25) is 11.8 Å². The van der Waals surface area contributed by atoms with E-state index < -0.39 is 5.25 Å². The predicted octanol–water partition coefficient (Wildman–Crippen LogP) is 5.51. The first-order valence-corrected chi connectivity index (χ1v) is 11.9. The number of aliphatic imine (C=N–C) groups is 1. The minimum Gasteiger partial charge on any atom is -0.325 e. The molecule has 4 rings (SSSR count). The molecule has 3 aromatic carbocycles. The highest BCUT2D eigenvalue weighted by atomic mass is 32.2. The van der Waals surface area contributed by atoms with Gasteiger partial charge in [0.1, 0.15) is 5.25 Å². The van der Waals surface area contributed by atoms with Gasteiger partial charge in [0, 0.05) is 18.7 Å². The Morgan fingerprint density at radius 2 is 1.73 bits per heavy atom. The number of carbonyl (C=O) groups excluding carboxylic acids is 2. The third-order valence-electron chi connectivity index (χ3n) is 5.52. The number of amidine groups is 1. The number of benzene rings is 3. The Labute approximate surface area is 198 Å². The van der Waals surface area contributed by atoms with Crippen molar-refractivity contribution in [2.24, 2.45) is 4.99 Å². The Hall–Kier alpha value is -3.38. The number of rotatable bonds is 6. The Kier molecular flexibility index (Phi) is 7.25. The van der Waals surface area contributed by atoms with Crippen LogP contribution in [0.2, 0.25) is 0 Å². The topological polar surface area (TPSA) is 61.8 Å². The summed E-state index contributed by atoms with van der Waals surface area (Å²) in [5.41, 5.74) is 4.82. The number of nitrogens with zero attached hydrogens (tertiary/aromatic N) is 2. The van der Waals surface area contributed by atoms with Crippen molar-refractivity contribution in [3.63, 3.8) is 0 Å². The van der Waals surface area contributed by atoms with E-state index in [-0.39, 0.29) is 18.2 Å². The molecule has 3 aromatic rings. The zero-order valence-electron chi connectivity index (χ0n) is 18.8. The molecule has 1 heterocycles. The standard InChI is InChI=1S/C27H27N3O2S/c1-19-13-14-23(20(2)17-19)29-26(32)24-18-25(31)30(16-15-21-9-5-3-6-10-21)27(33-24)28-22-11-7-4-8-12-22/h3-14,17,24H,15-16,18H2,1-2H3,(H,29,32). The van der Waals surface area contributed by atoms with Crippen LogP contribution in [-0.4, -0.2) is 33.7 Å². The van der Waals surface area contributed by atoms with Crippen molar-refractivity contribution in [1.29, 1.82) is 0 Å². The van der Waals surface area contributed by atoms with Crippen molar-refractivity contribution in [2.75, 3.05) is 11.9 Å². The van der Waals surface area contributed by atoms with Crippen LogP contribution in [0.4, 0.5) is 11.4 Å². The summed E-state index contributed by atoms with van der Waals surface area (Å²) in [7, 11) is 0. The lowest BCUT2D eigenvalue weighted by molar-refractivity contribution is -0.129. The number of para-hydroxylation sites is 1. The predicted molar refractivity (Wildman–Crippen MR) is 136 cm³/mol.